The van der Waals surface area contributed by atoms with Crippen LogP contribution in [0.4, 0.5) is 5.69 Å². The Morgan fingerprint density at radius 2 is 1.50 bits per heavy atom. The zero-order valence-corrected chi connectivity index (χ0v) is 18.6. The number of aromatic nitrogens is 1. The predicted octanol–water partition coefficient (Wildman–Crippen LogP) is 5.39. The molecule has 4 rings (SSSR count). The first-order valence-electron chi connectivity index (χ1n) is 10.3. The fraction of sp³-hybridized carbons (Fsp3) is 0.192. The Hall–Kier alpha value is -3.93. The fourth-order valence-electron chi connectivity index (χ4n) is 3.54. The maximum Gasteiger partial charge on any atom is 0.227 e. The number of nitrogens with zero attached hydrogens (tertiary/aromatic N) is 2. The van der Waals surface area contributed by atoms with Gasteiger partial charge in [0.2, 0.25) is 11.6 Å². The number of ether oxygens (including phenoxy) is 2. The van der Waals surface area contributed by atoms with Gasteiger partial charge in [0.25, 0.3) is 0 Å². The number of hydrogen-bond donors (Lipinski definition) is 1. The summed E-state index contributed by atoms with van der Waals surface area (Å²) in [6.45, 7) is 0. The molecule has 0 aliphatic heterocycles. The van der Waals surface area contributed by atoms with Crippen LogP contribution in [0.3, 0.4) is 0 Å². The summed E-state index contributed by atoms with van der Waals surface area (Å²) in [7, 11) is 7.00. The summed E-state index contributed by atoms with van der Waals surface area (Å²) in [5.74, 6) is 1.71. The van der Waals surface area contributed by atoms with E-state index >= 15 is 0 Å². The lowest BCUT2D eigenvalue weighted by molar-refractivity contribution is 0.340. The molecule has 0 atom stereocenters. The Balaban J connectivity index is 1.82. The molecule has 0 amide bonds. The Morgan fingerprint density at radius 3 is 2.06 bits per heavy atom. The van der Waals surface area contributed by atoms with Crippen LogP contribution in [0.15, 0.2) is 71.1 Å². The summed E-state index contributed by atoms with van der Waals surface area (Å²) >= 11 is 0. The van der Waals surface area contributed by atoms with Gasteiger partial charge in [-0.15, -0.1) is 0 Å². The standard InChI is InChI=1S/C26H26N2O4/c1-28(2)20-12-10-18(11-13-20)24-21(14-17-8-6-5-7-9-17)32-26(27-24)19-15-22(30-3)25(29)23(16-19)31-4/h5-13,15-16,29H,14H2,1-4H3. The molecule has 0 saturated heterocycles. The van der Waals surface area contributed by atoms with Gasteiger partial charge in [-0.2, -0.15) is 0 Å². The fourth-order valence-corrected chi connectivity index (χ4v) is 3.54. The number of phenolic OH excluding ortho intramolecular Hbond substituents is 1. The summed E-state index contributed by atoms with van der Waals surface area (Å²) in [5.41, 5.74) is 4.63. The van der Waals surface area contributed by atoms with Crippen LogP contribution in [0.5, 0.6) is 17.2 Å². The highest BCUT2D eigenvalue weighted by atomic mass is 16.5. The van der Waals surface area contributed by atoms with Gasteiger partial charge in [0.05, 0.1) is 14.2 Å². The van der Waals surface area contributed by atoms with Gasteiger partial charge in [0, 0.05) is 37.3 Å². The maximum atomic E-state index is 10.3. The molecule has 1 N–H and O–H groups in total. The molecular weight excluding hydrogens is 404 g/mol. The van der Waals surface area contributed by atoms with E-state index in [1.165, 1.54) is 14.2 Å². The average molecular weight is 431 g/mol. The number of benzene rings is 3. The van der Waals surface area contributed by atoms with E-state index in [1.54, 1.807) is 12.1 Å². The molecule has 0 spiro atoms. The molecule has 0 bridgehead atoms. The minimum absolute atomic E-state index is 0.0608. The predicted molar refractivity (Wildman–Crippen MR) is 126 cm³/mol. The normalized spacial score (nSPS) is 10.8. The van der Waals surface area contributed by atoms with Crippen molar-refractivity contribution in [1.82, 2.24) is 4.98 Å². The number of hydrogen-bond acceptors (Lipinski definition) is 6. The number of anilines is 1. The van der Waals surface area contributed by atoms with Crippen molar-refractivity contribution in [3.05, 3.63) is 78.1 Å². The molecule has 0 radical (unpaired) electrons. The highest BCUT2D eigenvalue weighted by Gasteiger charge is 2.20. The van der Waals surface area contributed by atoms with Crippen LogP contribution in [0, 0.1) is 0 Å². The van der Waals surface area contributed by atoms with E-state index in [9.17, 15) is 5.11 Å². The molecule has 4 aromatic rings. The second-order valence-electron chi connectivity index (χ2n) is 7.62. The van der Waals surface area contributed by atoms with Crippen molar-refractivity contribution >= 4 is 5.69 Å². The molecule has 0 unspecified atom stereocenters. The second-order valence-corrected chi connectivity index (χ2v) is 7.62. The molecule has 3 aromatic carbocycles. The van der Waals surface area contributed by atoms with Crippen molar-refractivity contribution in [1.29, 1.82) is 0 Å². The largest absolute Gasteiger partial charge is 0.502 e. The number of phenols is 1. The van der Waals surface area contributed by atoms with Crippen molar-refractivity contribution in [3.63, 3.8) is 0 Å². The summed E-state index contributed by atoms with van der Waals surface area (Å²) in [4.78, 5) is 6.88. The highest BCUT2D eigenvalue weighted by Crippen LogP contribution is 2.41. The lowest BCUT2D eigenvalue weighted by Gasteiger charge is -2.12. The van der Waals surface area contributed by atoms with Crippen LogP contribution in [0.2, 0.25) is 0 Å². The van der Waals surface area contributed by atoms with Crippen LogP contribution >= 0.6 is 0 Å². The van der Waals surface area contributed by atoms with Crippen molar-refractivity contribution in [3.8, 4) is 40.0 Å². The van der Waals surface area contributed by atoms with E-state index in [0.717, 1.165) is 28.3 Å². The monoisotopic (exact) mass is 430 g/mol. The Morgan fingerprint density at radius 1 is 0.875 bits per heavy atom. The van der Waals surface area contributed by atoms with Gasteiger partial charge in [-0.1, -0.05) is 42.5 Å². The van der Waals surface area contributed by atoms with Gasteiger partial charge < -0.3 is 23.9 Å². The summed E-state index contributed by atoms with van der Waals surface area (Å²) in [6, 6.07) is 21.7. The van der Waals surface area contributed by atoms with Crippen molar-refractivity contribution in [2.24, 2.45) is 0 Å². The van der Waals surface area contributed by atoms with Crippen molar-refractivity contribution in [2.45, 2.75) is 6.42 Å². The number of aromatic hydroxyl groups is 1. The molecule has 164 valence electrons. The third kappa shape index (κ3) is 4.25. The van der Waals surface area contributed by atoms with Gasteiger partial charge in [-0.05, 0) is 29.8 Å². The second kappa shape index (κ2) is 9.06. The van der Waals surface area contributed by atoms with E-state index in [2.05, 4.69) is 29.2 Å². The van der Waals surface area contributed by atoms with Gasteiger partial charge in [0.1, 0.15) is 11.5 Å². The molecule has 1 heterocycles. The van der Waals surface area contributed by atoms with E-state index in [-0.39, 0.29) is 5.75 Å². The summed E-state index contributed by atoms with van der Waals surface area (Å²) in [5, 5.41) is 10.3. The smallest absolute Gasteiger partial charge is 0.227 e. The minimum Gasteiger partial charge on any atom is -0.502 e. The van der Waals surface area contributed by atoms with Crippen LogP contribution in [-0.2, 0) is 6.42 Å². The zero-order chi connectivity index (χ0) is 22.7. The third-order valence-electron chi connectivity index (χ3n) is 5.29. The van der Waals surface area contributed by atoms with Gasteiger partial charge in [-0.25, -0.2) is 4.98 Å². The highest BCUT2D eigenvalue weighted by molar-refractivity contribution is 5.70. The molecule has 0 aliphatic carbocycles. The third-order valence-corrected chi connectivity index (χ3v) is 5.29. The van der Waals surface area contributed by atoms with E-state index in [1.807, 2.05) is 44.4 Å². The topological polar surface area (TPSA) is 68.0 Å². The number of rotatable bonds is 7. The first-order chi connectivity index (χ1) is 15.5. The molecule has 0 saturated carbocycles. The summed E-state index contributed by atoms with van der Waals surface area (Å²) in [6.07, 6.45) is 0.602. The summed E-state index contributed by atoms with van der Waals surface area (Å²) < 4.78 is 16.9. The lowest BCUT2D eigenvalue weighted by Crippen LogP contribution is -2.07. The van der Waals surface area contributed by atoms with Crippen LogP contribution in [0.1, 0.15) is 11.3 Å². The molecule has 0 fully saturated rings. The van der Waals surface area contributed by atoms with Crippen LogP contribution < -0.4 is 14.4 Å². The molecule has 32 heavy (non-hydrogen) atoms. The van der Waals surface area contributed by atoms with Crippen LogP contribution in [0.25, 0.3) is 22.7 Å². The molecule has 6 heteroatoms. The minimum atomic E-state index is -0.0608. The van der Waals surface area contributed by atoms with Crippen LogP contribution in [-0.4, -0.2) is 38.4 Å². The average Bonchev–Trinajstić information content (AvgIpc) is 3.23. The molecular formula is C26H26N2O4. The Kier molecular flexibility index (Phi) is 6.03. The quantitative estimate of drug-likeness (QED) is 0.424. The first-order valence-corrected chi connectivity index (χ1v) is 10.3. The van der Waals surface area contributed by atoms with Crippen molar-refractivity contribution < 1.29 is 19.0 Å². The molecule has 6 nitrogen and oxygen atoms in total. The van der Waals surface area contributed by atoms with Gasteiger partial charge in [0.15, 0.2) is 11.5 Å². The van der Waals surface area contributed by atoms with Gasteiger partial charge in [-0.3, -0.25) is 0 Å². The molecule has 0 aliphatic rings. The number of methoxy groups -OCH3 is 2. The van der Waals surface area contributed by atoms with E-state index < -0.39 is 0 Å². The Labute approximate surface area is 187 Å². The zero-order valence-electron chi connectivity index (χ0n) is 18.6. The molecule has 1 aromatic heterocycles. The Bertz CT molecular complexity index is 1170. The van der Waals surface area contributed by atoms with Gasteiger partial charge >= 0.3 is 0 Å². The first kappa shape index (κ1) is 21.3. The number of oxazole rings is 1. The van der Waals surface area contributed by atoms with Crippen molar-refractivity contribution in [2.75, 3.05) is 33.2 Å². The SMILES string of the molecule is COc1cc(-c2nc(-c3ccc(N(C)C)cc3)c(Cc3ccccc3)o2)cc(OC)c1O. The lowest BCUT2D eigenvalue weighted by atomic mass is 10.0. The maximum absolute atomic E-state index is 10.3. The van der Waals surface area contributed by atoms with E-state index in [0.29, 0.717) is 29.4 Å². The van der Waals surface area contributed by atoms with E-state index in [4.69, 9.17) is 18.9 Å².